The Bertz CT molecular complexity index is 402. The summed E-state index contributed by atoms with van der Waals surface area (Å²) in [5, 5.41) is -0.122. The molecular weight excluding hydrogens is 292 g/mol. The second-order valence-electron chi connectivity index (χ2n) is 5.97. The number of hydrogen-bond donors (Lipinski definition) is 0. The molecule has 0 amide bonds. The summed E-state index contributed by atoms with van der Waals surface area (Å²) in [4.78, 5) is 0. The van der Waals surface area contributed by atoms with Crippen LogP contribution in [-0.4, -0.2) is 35.1 Å². The average Bonchev–Trinajstić information content (AvgIpc) is 2.57. The molecule has 1 aliphatic rings. The Morgan fingerprint density at radius 2 is 1.68 bits per heavy atom. The first-order valence-corrected chi connectivity index (χ1v) is 10.3. The summed E-state index contributed by atoms with van der Waals surface area (Å²) in [6.07, 6.45) is 5.70. The molecule has 1 heterocycles. The van der Waals surface area contributed by atoms with Crippen molar-refractivity contribution in [3.63, 3.8) is 0 Å². The molecule has 1 saturated heterocycles. The van der Waals surface area contributed by atoms with E-state index in [0.29, 0.717) is 0 Å². The number of benzene rings is 1. The van der Waals surface area contributed by atoms with Crippen LogP contribution in [0.1, 0.15) is 44.6 Å². The van der Waals surface area contributed by atoms with Crippen molar-refractivity contribution in [2.24, 2.45) is 0 Å². The smallest absolute Gasteiger partial charge is 0.370 e. The van der Waals surface area contributed by atoms with E-state index in [-0.39, 0.29) is 5.22 Å². The van der Waals surface area contributed by atoms with Crippen molar-refractivity contribution >= 4 is 8.56 Å². The van der Waals surface area contributed by atoms with Crippen molar-refractivity contribution in [3.8, 4) is 0 Å². The van der Waals surface area contributed by atoms with Crippen molar-refractivity contribution < 1.29 is 13.6 Å². The summed E-state index contributed by atoms with van der Waals surface area (Å²) in [7, 11) is 3.22. The van der Waals surface area contributed by atoms with E-state index in [4.69, 9.17) is 13.6 Å². The maximum absolute atomic E-state index is 5.83. The van der Waals surface area contributed by atoms with E-state index in [1.807, 2.05) is 18.2 Å². The van der Waals surface area contributed by atoms with E-state index in [9.17, 15) is 0 Å². The van der Waals surface area contributed by atoms with Gasteiger partial charge in [0, 0.05) is 21.3 Å². The third-order valence-electron chi connectivity index (χ3n) is 4.68. The van der Waals surface area contributed by atoms with E-state index >= 15 is 0 Å². The third-order valence-corrected chi connectivity index (χ3v) is 9.10. The van der Waals surface area contributed by atoms with E-state index in [0.717, 1.165) is 25.3 Å². The minimum absolute atomic E-state index is 0.122. The second-order valence-corrected chi connectivity index (χ2v) is 9.70. The zero-order valence-electron chi connectivity index (χ0n) is 14.9. The van der Waals surface area contributed by atoms with Crippen LogP contribution in [0.2, 0.25) is 6.04 Å². The van der Waals surface area contributed by atoms with Crippen LogP contribution >= 0.6 is 0 Å². The quantitative estimate of drug-likeness (QED) is 0.739. The molecule has 0 bridgehead atoms. The minimum atomic E-state index is -2.15. The van der Waals surface area contributed by atoms with Gasteiger partial charge >= 0.3 is 8.56 Å². The monoisotopic (exact) mass is 324 g/mol. The first-order valence-electron chi connectivity index (χ1n) is 8.27. The molecule has 1 aromatic rings. The van der Waals surface area contributed by atoms with Crippen LogP contribution in [0.4, 0.5) is 0 Å². The standard InChI is InChI=1S/C11H24O3Si.C7H8/c1-5-8-11(12-2)9-6-7-10-15(11,13-3)14-4;1-7-5-3-2-4-6-7/h5-10H2,1-4H3;2-6H,1H3. The Kier molecular flexibility index (Phi) is 8.32. The zero-order valence-corrected chi connectivity index (χ0v) is 15.9. The molecule has 1 aromatic carbocycles. The minimum Gasteiger partial charge on any atom is -0.396 e. The molecule has 1 fully saturated rings. The fourth-order valence-corrected chi connectivity index (χ4v) is 7.45. The highest BCUT2D eigenvalue weighted by molar-refractivity contribution is 6.70. The van der Waals surface area contributed by atoms with Crippen molar-refractivity contribution in [1.82, 2.24) is 0 Å². The lowest BCUT2D eigenvalue weighted by atomic mass is 10.1. The molecule has 1 atom stereocenters. The van der Waals surface area contributed by atoms with Gasteiger partial charge in [0.25, 0.3) is 0 Å². The fourth-order valence-electron chi connectivity index (χ4n) is 3.46. The number of aryl methyl sites for hydroxylation is 1. The van der Waals surface area contributed by atoms with E-state index in [2.05, 4.69) is 26.0 Å². The molecule has 1 aliphatic heterocycles. The Labute approximate surface area is 137 Å². The molecule has 4 heteroatoms. The van der Waals surface area contributed by atoms with E-state index < -0.39 is 8.56 Å². The molecular formula is C18H32O3Si. The van der Waals surface area contributed by atoms with Gasteiger partial charge in [-0.15, -0.1) is 0 Å². The molecule has 22 heavy (non-hydrogen) atoms. The van der Waals surface area contributed by atoms with Gasteiger partial charge in [0.15, 0.2) is 0 Å². The Morgan fingerprint density at radius 3 is 2.09 bits per heavy atom. The van der Waals surface area contributed by atoms with Gasteiger partial charge in [0.1, 0.15) is 5.22 Å². The van der Waals surface area contributed by atoms with Gasteiger partial charge < -0.3 is 13.6 Å². The lowest BCUT2D eigenvalue weighted by Crippen LogP contribution is -2.64. The van der Waals surface area contributed by atoms with Crippen molar-refractivity contribution in [3.05, 3.63) is 35.9 Å². The van der Waals surface area contributed by atoms with Gasteiger partial charge in [-0.2, -0.15) is 0 Å². The van der Waals surface area contributed by atoms with Gasteiger partial charge in [0.2, 0.25) is 0 Å². The van der Waals surface area contributed by atoms with Gasteiger partial charge in [-0.25, -0.2) is 0 Å². The van der Waals surface area contributed by atoms with Crippen LogP contribution in [0, 0.1) is 6.92 Å². The molecule has 0 saturated carbocycles. The summed E-state index contributed by atoms with van der Waals surface area (Å²) < 4.78 is 17.4. The average molecular weight is 325 g/mol. The lowest BCUT2D eigenvalue weighted by molar-refractivity contribution is -0.0149. The van der Waals surface area contributed by atoms with Crippen LogP contribution in [-0.2, 0) is 13.6 Å². The normalized spacial score (nSPS) is 23.5. The highest BCUT2D eigenvalue weighted by atomic mass is 28.4. The van der Waals surface area contributed by atoms with Crippen LogP contribution in [0.15, 0.2) is 30.3 Å². The summed E-state index contributed by atoms with van der Waals surface area (Å²) in [5.41, 5.74) is 1.32. The predicted molar refractivity (Wildman–Crippen MR) is 94.3 cm³/mol. The van der Waals surface area contributed by atoms with Crippen LogP contribution in [0.5, 0.6) is 0 Å². The van der Waals surface area contributed by atoms with Gasteiger partial charge in [0.05, 0.1) is 0 Å². The highest BCUT2D eigenvalue weighted by Crippen LogP contribution is 2.42. The number of ether oxygens (including phenoxy) is 1. The second kappa shape index (κ2) is 9.45. The van der Waals surface area contributed by atoms with Crippen LogP contribution in [0.3, 0.4) is 0 Å². The molecule has 0 aliphatic carbocycles. The molecule has 3 nitrogen and oxygen atoms in total. The largest absolute Gasteiger partial charge is 0.396 e. The molecule has 0 spiro atoms. The zero-order chi connectivity index (χ0) is 16.5. The molecule has 0 radical (unpaired) electrons. The first-order chi connectivity index (χ1) is 10.6. The molecule has 0 N–H and O–H groups in total. The van der Waals surface area contributed by atoms with Gasteiger partial charge in [-0.05, 0) is 25.8 Å². The van der Waals surface area contributed by atoms with Crippen LogP contribution < -0.4 is 0 Å². The summed E-state index contributed by atoms with van der Waals surface area (Å²) in [6.45, 7) is 4.28. The molecule has 0 aromatic heterocycles. The van der Waals surface area contributed by atoms with Crippen LogP contribution in [0.25, 0.3) is 0 Å². The molecule has 2 rings (SSSR count). The fraction of sp³-hybridized carbons (Fsp3) is 0.667. The number of hydrogen-bond acceptors (Lipinski definition) is 3. The topological polar surface area (TPSA) is 27.7 Å². The van der Waals surface area contributed by atoms with Crippen molar-refractivity contribution in [1.29, 1.82) is 0 Å². The summed E-state index contributed by atoms with van der Waals surface area (Å²) >= 11 is 0. The number of rotatable bonds is 5. The van der Waals surface area contributed by atoms with E-state index in [1.165, 1.54) is 18.4 Å². The predicted octanol–water partition coefficient (Wildman–Crippen LogP) is 4.62. The summed E-state index contributed by atoms with van der Waals surface area (Å²) in [6, 6.07) is 11.3. The molecule has 126 valence electrons. The Balaban J connectivity index is 0.000000287. The first kappa shape index (κ1) is 19.4. The lowest BCUT2D eigenvalue weighted by Gasteiger charge is -2.47. The third kappa shape index (κ3) is 4.41. The Morgan fingerprint density at radius 1 is 1.05 bits per heavy atom. The SMILES string of the molecule is CCCC1(OC)CCCC[Si]1(OC)OC.Cc1ccccc1. The van der Waals surface area contributed by atoms with Crippen molar-refractivity contribution in [2.75, 3.05) is 21.3 Å². The maximum Gasteiger partial charge on any atom is 0.370 e. The van der Waals surface area contributed by atoms with E-state index in [1.54, 1.807) is 21.3 Å². The van der Waals surface area contributed by atoms with Crippen molar-refractivity contribution in [2.45, 2.75) is 57.2 Å². The highest BCUT2D eigenvalue weighted by Gasteiger charge is 2.58. The maximum atomic E-state index is 5.83. The molecule has 1 unspecified atom stereocenters. The summed E-state index contributed by atoms with van der Waals surface area (Å²) in [5.74, 6) is 0. The van der Waals surface area contributed by atoms with Gasteiger partial charge in [-0.1, -0.05) is 62.1 Å². The Hall–Kier alpha value is -0.683. The number of methoxy groups -OCH3 is 1. The van der Waals surface area contributed by atoms with Gasteiger partial charge in [-0.3, -0.25) is 0 Å².